The summed E-state index contributed by atoms with van der Waals surface area (Å²) in [6.07, 6.45) is -0.0307. The van der Waals surface area contributed by atoms with Crippen LogP contribution in [0.1, 0.15) is 19.4 Å². The van der Waals surface area contributed by atoms with Crippen LogP contribution in [0.2, 0.25) is 0 Å². The molecule has 2 aromatic rings. The van der Waals surface area contributed by atoms with Crippen LogP contribution in [0.15, 0.2) is 42.5 Å². The standard InChI is InChI=1S/C22H27NO6/c1-15(2)23(17-9-7-6-8-10-17)20(24)14-29-21(25)13-16-11-18(26-3)22(28-5)19(12-16)27-4/h6-12,15H,13-14H2,1-5H3. The molecule has 0 heterocycles. The van der Waals surface area contributed by atoms with Crippen LogP contribution in [0.3, 0.4) is 0 Å². The number of para-hydroxylation sites is 1. The number of benzene rings is 2. The summed E-state index contributed by atoms with van der Waals surface area (Å²) in [6.45, 7) is 3.47. The van der Waals surface area contributed by atoms with Gasteiger partial charge in [0.15, 0.2) is 18.1 Å². The van der Waals surface area contributed by atoms with Crippen LogP contribution in [0, 0.1) is 0 Å². The smallest absolute Gasteiger partial charge is 0.310 e. The Labute approximate surface area is 171 Å². The maximum Gasteiger partial charge on any atom is 0.310 e. The lowest BCUT2D eigenvalue weighted by Gasteiger charge is -2.26. The Morgan fingerprint density at radius 1 is 0.931 bits per heavy atom. The molecule has 0 atom stereocenters. The second kappa shape index (κ2) is 10.4. The third-order valence-corrected chi connectivity index (χ3v) is 4.25. The summed E-state index contributed by atoms with van der Waals surface area (Å²) >= 11 is 0. The van der Waals surface area contributed by atoms with E-state index in [1.807, 2.05) is 44.2 Å². The molecule has 0 bridgehead atoms. The van der Waals surface area contributed by atoms with Crippen molar-refractivity contribution in [3.05, 3.63) is 48.0 Å². The Morgan fingerprint density at radius 2 is 1.52 bits per heavy atom. The highest BCUT2D eigenvalue weighted by atomic mass is 16.5. The molecule has 0 aliphatic rings. The van der Waals surface area contributed by atoms with Crippen molar-refractivity contribution >= 4 is 17.6 Å². The molecule has 1 amide bonds. The Balaban J connectivity index is 2.05. The fourth-order valence-corrected chi connectivity index (χ4v) is 2.99. The minimum absolute atomic E-state index is 0.0307. The normalized spacial score (nSPS) is 10.4. The average Bonchev–Trinajstić information content (AvgIpc) is 2.72. The molecule has 2 rings (SSSR count). The van der Waals surface area contributed by atoms with E-state index >= 15 is 0 Å². The summed E-state index contributed by atoms with van der Waals surface area (Å²) < 4.78 is 21.1. The highest BCUT2D eigenvalue weighted by molar-refractivity contribution is 5.95. The van der Waals surface area contributed by atoms with E-state index in [9.17, 15) is 9.59 Å². The molecule has 0 aromatic heterocycles. The molecule has 2 aromatic carbocycles. The first-order valence-corrected chi connectivity index (χ1v) is 9.22. The van der Waals surface area contributed by atoms with E-state index in [0.29, 0.717) is 22.8 Å². The number of nitrogens with zero attached hydrogens (tertiary/aromatic N) is 1. The van der Waals surface area contributed by atoms with Crippen LogP contribution in [-0.4, -0.2) is 45.9 Å². The number of amides is 1. The SMILES string of the molecule is COc1cc(CC(=O)OCC(=O)N(c2ccccc2)C(C)C)cc(OC)c1OC. The van der Waals surface area contributed by atoms with Gasteiger partial charge in [-0.2, -0.15) is 0 Å². The van der Waals surface area contributed by atoms with Crippen molar-refractivity contribution < 1.29 is 28.5 Å². The van der Waals surface area contributed by atoms with E-state index in [1.54, 1.807) is 17.0 Å². The summed E-state index contributed by atoms with van der Waals surface area (Å²) in [6, 6.07) is 12.6. The zero-order chi connectivity index (χ0) is 21.4. The van der Waals surface area contributed by atoms with Crippen molar-refractivity contribution in [2.75, 3.05) is 32.8 Å². The molecule has 0 fully saturated rings. The summed E-state index contributed by atoms with van der Waals surface area (Å²) in [4.78, 5) is 26.5. The number of esters is 1. The maximum absolute atomic E-state index is 12.6. The van der Waals surface area contributed by atoms with Gasteiger partial charge in [0.1, 0.15) is 0 Å². The van der Waals surface area contributed by atoms with Crippen LogP contribution >= 0.6 is 0 Å². The van der Waals surface area contributed by atoms with Gasteiger partial charge in [0, 0.05) is 11.7 Å². The number of ether oxygens (including phenoxy) is 4. The highest BCUT2D eigenvalue weighted by Crippen LogP contribution is 2.38. The van der Waals surface area contributed by atoms with E-state index in [4.69, 9.17) is 18.9 Å². The van der Waals surface area contributed by atoms with Crippen molar-refractivity contribution in [1.29, 1.82) is 0 Å². The molecule has 0 saturated carbocycles. The number of methoxy groups -OCH3 is 3. The number of anilines is 1. The molecule has 0 radical (unpaired) electrons. The molecule has 29 heavy (non-hydrogen) atoms. The monoisotopic (exact) mass is 401 g/mol. The van der Waals surface area contributed by atoms with Crippen LogP contribution in [0.4, 0.5) is 5.69 Å². The van der Waals surface area contributed by atoms with E-state index in [0.717, 1.165) is 5.69 Å². The molecule has 0 aliphatic heterocycles. The molecular weight excluding hydrogens is 374 g/mol. The minimum Gasteiger partial charge on any atom is -0.493 e. The Hall–Kier alpha value is -3.22. The summed E-state index contributed by atoms with van der Waals surface area (Å²) in [5.41, 5.74) is 1.38. The third kappa shape index (κ3) is 5.63. The van der Waals surface area contributed by atoms with Crippen LogP contribution < -0.4 is 19.1 Å². The maximum atomic E-state index is 12.6. The Morgan fingerprint density at radius 3 is 2.00 bits per heavy atom. The van der Waals surface area contributed by atoms with E-state index in [2.05, 4.69) is 0 Å². The molecule has 0 aliphatic carbocycles. The lowest BCUT2D eigenvalue weighted by atomic mass is 10.1. The second-order valence-corrected chi connectivity index (χ2v) is 6.56. The predicted molar refractivity (Wildman–Crippen MR) is 110 cm³/mol. The molecule has 0 unspecified atom stereocenters. The van der Waals surface area contributed by atoms with Gasteiger partial charge in [-0.25, -0.2) is 0 Å². The molecule has 156 valence electrons. The van der Waals surface area contributed by atoms with Gasteiger partial charge in [-0.15, -0.1) is 0 Å². The van der Waals surface area contributed by atoms with Gasteiger partial charge in [-0.3, -0.25) is 9.59 Å². The first-order valence-electron chi connectivity index (χ1n) is 9.22. The van der Waals surface area contributed by atoms with Crippen LogP contribution in [0.25, 0.3) is 0 Å². The molecule has 7 nitrogen and oxygen atoms in total. The topological polar surface area (TPSA) is 74.3 Å². The zero-order valence-electron chi connectivity index (χ0n) is 17.4. The molecule has 0 N–H and O–H groups in total. The van der Waals surface area contributed by atoms with Gasteiger partial charge in [0.05, 0.1) is 27.8 Å². The number of carbonyl (C=O) groups excluding carboxylic acids is 2. The third-order valence-electron chi connectivity index (χ3n) is 4.25. The molecular formula is C22H27NO6. The van der Waals surface area contributed by atoms with Crippen molar-refractivity contribution in [3.8, 4) is 17.2 Å². The largest absolute Gasteiger partial charge is 0.493 e. The number of carbonyl (C=O) groups is 2. The van der Waals surface area contributed by atoms with Gasteiger partial charge in [0.2, 0.25) is 5.75 Å². The fraction of sp³-hybridized carbons (Fsp3) is 0.364. The zero-order valence-corrected chi connectivity index (χ0v) is 17.4. The highest BCUT2D eigenvalue weighted by Gasteiger charge is 2.21. The quantitative estimate of drug-likeness (QED) is 0.601. The van der Waals surface area contributed by atoms with Crippen molar-refractivity contribution in [2.24, 2.45) is 0 Å². The molecule has 0 spiro atoms. The fourth-order valence-electron chi connectivity index (χ4n) is 2.99. The summed E-state index contributed by atoms with van der Waals surface area (Å²) in [7, 11) is 4.51. The second-order valence-electron chi connectivity index (χ2n) is 6.56. The van der Waals surface area contributed by atoms with Crippen molar-refractivity contribution in [2.45, 2.75) is 26.3 Å². The van der Waals surface area contributed by atoms with Crippen molar-refractivity contribution in [3.63, 3.8) is 0 Å². The summed E-state index contributed by atoms with van der Waals surface area (Å²) in [5.74, 6) is 0.521. The van der Waals surface area contributed by atoms with Gasteiger partial charge < -0.3 is 23.8 Å². The van der Waals surface area contributed by atoms with Crippen molar-refractivity contribution in [1.82, 2.24) is 0 Å². The number of rotatable bonds is 9. The summed E-state index contributed by atoms with van der Waals surface area (Å²) in [5, 5.41) is 0. The minimum atomic E-state index is -0.524. The molecule has 7 heteroatoms. The van der Waals surface area contributed by atoms with Gasteiger partial charge >= 0.3 is 5.97 Å². The van der Waals surface area contributed by atoms with Crippen LogP contribution in [-0.2, 0) is 20.7 Å². The van der Waals surface area contributed by atoms with Gasteiger partial charge in [0.25, 0.3) is 5.91 Å². The van der Waals surface area contributed by atoms with E-state index < -0.39 is 5.97 Å². The predicted octanol–water partition coefficient (Wildman–Crippen LogP) is 3.24. The first-order chi connectivity index (χ1) is 13.9. The average molecular weight is 401 g/mol. The Bertz CT molecular complexity index is 809. The lowest BCUT2D eigenvalue weighted by Crippen LogP contribution is -2.40. The first kappa shape index (κ1) is 22.1. The van der Waals surface area contributed by atoms with E-state index in [1.165, 1.54) is 21.3 Å². The number of hydrogen-bond acceptors (Lipinski definition) is 6. The van der Waals surface area contributed by atoms with Gasteiger partial charge in [-0.1, -0.05) is 18.2 Å². The van der Waals surface area contributed by atoms with E-state index in [-0.39, 0.29) is 25.0 Å². The molecule has 0 saturated heterocycles. The van der Waals surface area contributed by atoms with Crippen LogP contribution in [0.5, 0.6) is 17.2 Å². The number of hydrogen-bond donors (Lipinski definition) is 0. The lowest BCUT2D eigenvalue weighted by molar-refractivity contribution is -0.147. The Kier molecular flexibility index (Phi) is 7.88. The van der Waals surface area contributed by atoms with Gasteiger partial charge in [-0.05, 0) is 43.7 Å².